The van der Waals surface area contributed by atoms with Gasteiger partial charge < -0.3 is 14.7 Å². The molecule has 0 atom stereocenters. The average molecular weight is 379 g/mol. The van der Waals surface area contributed by atoms with Crippen LogP contribution in [0.5, 0.6) is 11.5 Å². The molecule has 0 spiro atoms. The van der Waals surface area contributed by atoms with Crippen molar-refractivity contribution in [2.75, 3.05) is 7.11 Å². The van der Waals surface area contributed by atoms with Gasteiger partial charge in [-0.3, -0.25) is 5.43 Å². The first-order valence-electron chi connectivity index (χ1n) is 7.09. The standard InChI is InChI=1S/C16H17N3O4S2/c1-11-3-6-13(7-4-11)25(20,21)23-15-9-12(5-8-14(15)22-2)10-18-19-16(17)24/h3-10H,1-2H3,(H3,17,19,24)/b18-10+. The monoisotopic (exact) mass is 379 g/mol. The summed E-state index contributed by atoms with van der Waals surface area (Å²) in [5.41, 5.74) is 9.20. The number of ether oxygens (including phenoxy) is 1. The van der Waals surface area contributed by atoms with Gasteiger partial charge in [0.2, 0.25) is 0 Å². The van der Waals surface area contributed by atoms with Crippen molar-refractivity contribution in [2.45, 2.75) is 11.8 Å². The fourth-order valence-electron chi connectivity index (χ4n) is 1.88. The molecule has 3 N–H and O–H groups in total. The van der Waals surface area contributed by atoms with Gasteiger partial charge in [0.1, 0.15) is 4.90 Å². The van der Waals surface area contributed by atoms with Gasteiger partial charge in [0.05, 0.1) is 13.3 Å². The van der Waals surface area contributed by atoms with Crippen molar-refractivity contribution in [1.82, 2.24) is 5.43 Å². The van der Waals surface area contributed by atoms with Crippen molar-refractivity contribution < 1.29 is 17.3 Å². The maximum atomic E-state index is 12.4. The predicted molar refractivity (Wildman–Crippen MR) is 99.5 cm³/mol. The minimum absolute atomic E-state index is 0.0168. The van der Waals surface area contributed by atoms with E-state index in [-0.39, 0.29) is 21.5 Å². The van der Waals surface area contributed by atoms with Gasteiger partial charge in [0, 0.05) is 0 Å². The SMILES string of the molecule is COc1ccc(/C=N/NC(N)=S)cc1OS(=O)(=O)c1ccc(C)cc1. The van der Waals surface area contributed by atoms with E-state index >= 15 is 0 Å². The molecule has 25 heavy (non-hydrogen) atoms. The van der Waals surface area contributed by atoms with Gasteiger partial charge in [-0.05, 0) is 55.0 Å². The highest BCUT2D eigenvalue weighted by Gasteiger charge is 2.19. The third-order valence-corrected chi connectivity index (χ3v) is 4.42. The average Bonchev–Trinajstić information content (AvgIpc) is 2.55. The van der Waals surface area contributed by atoms with Crippen LogP contribution in [-0.2, 0) is 10.1 Å². The van der Waals surface area contributed by atoms with Crippen molar-refractivity contribution in [3.05, 3.63) is 53.6 Å². The molecule has 2 aromatic carbocycles. The number of nitrogens with zero attached hydrogens (tertiary/aromatic N) is 1. The van der Waals surface area contributed by atoms with Crippen molar-refractivity contribution in [1.29, 1.82) is 0 Å². The van der Waals surface area contributed by atoms with Crippen LogP contribution in [0.4, 0.5) is 0 Å². The largest absolute Gasteiger partial charge is 0.493 e. The molecule has 0 aliphatic carbocycles. The van der Waals surface area contributed by atoms with Crippen molar-refractivity contribution >= 4 is 33.7 Å². The number of methoxy groups -OCH3 is 1. The van der Waals surface area contributed by atoms with Gasteiger partial charge in [-0.2, -0.15) is 13.5 Å². The number of aryl methyl sites for hydroxylation is 1. The van der Waals surface area contributed by atoms with Crippen LogP contribution in [0.2, 0.25) is 0 Å². The van der Waals surface area contributed by atoms with E-state index in [0.717, 1.165) is 5.56 Å². The second-order valence-corrected chi connectivity index (χ2v) is 6.98. The van der Waals surface area contributed by atoms with E-state index in [1.165, 1.54) is 31.5 Å². The number of nitrogens with two attached hydrogens (primary N) is 1. The summed E-state index contributed by atoms with van der Waals surface area (Å²) in [5, 5.41) is 3.83. The van der Waals surface area contributed by atoms with Crippen LogP contribution in [0.3, 0.4) is 0 Å². The summed E-state index contributed by atoms with van der Waals surface area (Å²) in [7, 11) is -2.57. The predicted octanol–water partition coefficient (Wildman–Crippen LogP) is 1.94. The quantitative estimate of drug-likeness (QED) is 0.342. The summed E-state index contributed by atoms with van der Waals surface area (Å²) in [5.74, 6) is 0.317. The van der Waals surface area contributed by atoms with Crippen LogP contribution in [0.15, 0.2) is 52.5 Å². The van der Waals surface area contributed by atoms with E-state index < -0.39 is 10.1 Å². The highest BCUT2D eigenvalue weighted by Crippen LogP contribution is 2.30. The van der Waals surface area contributed by atoms with E-state index in [1.807, 2.05) is 6.92 Å². The normalized spacial score (nSPS) is 11.3. The number of hydrogen-bond acceptors (Lipinski definition) is 6. The van der Waals surface area contributed by atoms with Gasteiger partial charge in [-0.15, -0.1) is 0 Å². The Morgan fingerprint density at radius 1 is 1.20 bits per heavy atom. The molecule has 0 fully saturated rings. The molecule has 0 aromatic heterocycles. The first kappa shape index (κ1) is 18.7. The molecule has 0 radical (unpaired) electrons. The smallest absolute Gasteiger partial charge is 0.339 e. The Morgan fingerprint density at radius 3 is 2.48 bits per heavy atom. The molecule has 0 aliphatic heterocycles. The van der Waals surface area contributed by atoms with Gasteiger partial charge in [-0.1, -0.05) is 17.7 Å². The van der Waals surface area contributed by atoms with E-state index in [9.17, 15) is 8.42 Å². The molecule has 132 valence electrons. The Hall–Kier alpha value is -2.65. The van der Waals surface area contributed by atoms with E-state index in [2.05, 4.69) is 22.7 Å². The summed E-state index contributed by atoms with van der Waals surface area (Å²) in [6.45, 7) is 1.87. The molecule has 0 aliphatic rings. The molecule has 2 rings (SSSR count). The van der Waals surface area contributed by atoms with Crippen LogP contribution >= 0.6 is 12.2 Å². The van der Waals surface area contributed by atoms with Crippen molar-refractivity contribution in [2.24, 2.45) is 10.8 Å². The summed E-state index contributed by atoms with van der Waals surface area (Å²) < 4.78 is 35.3. The van der Waals surface area contributed by atoms with Crippen molar-refractivity contribution in [3.63, 3.8) is 0 Å². The molecule has 0 unspecified atom stereocenters. The minimum atomic E-state index is -3.99. The summed E-state index contributed by atoms with van der Waals surface area (Å²) in [6, 6.07) is 11.1. The Balaban J connectivity index is 2.31. The Kier molecular flexibility index (Phi) is 5.94. The lowest BCUT2D eigenvalue weighted by molar-refractivity contribution is 0.390. The molecule has 7 nitrogen and oxygen atoms in total. The van der Waals surface area contributed by atoms with Crippen LogP contribution < -0.4 is 20.1 Å². The van der Waals surface area contributed by atoms with E-state index in [4.69, 9.17) is 14.7 Å². The second-order valence-electron chi connectivity index (χ2n) is 5.00. The van der Waals surface area contributed by atoms with Crippen LogP contribution in [0, 0.1) is 6.92 Å². The molecule has 2 aromatic rings. The zero-order valence-corrected chi connectivity index (χ0v) is 15.2. The molecule has 0 bridgehead atoms. The Morgan fingerprint density at radius 2 is 1.88 bits per heavy atom. The maximum absolute atomic E-state index is 12.4. The van der Waals surface area contributed by atoms with Crippen LogP contribution in [-0.4, -0.2) is 26.9 Å². The highest BCUT2D eigenvalue weighted by atomic mass is 32.2. The topological polar surface area (TPSA) is 103 Å². The van der Waals surface area contributed by atoms with Crippen molar-refractivity contribution in [3.8, 4) is 11.5 Å². The lowest BCUT2D eigenvalue weighted by Gasteiger charge is -2.11. The number of hydrazone groups is 1. The first-order valence-corrected chi connectivity index (χ1v) is 8.91. The number of thiocarbonyl (C=S) groups is 1. The second kappa shape index (κ2) is 7.95. The lowest BCUT2D eigenvalue weighted by atomic mass is 10.2. The third-order valence-electron chi connectivity index (χ3n) is 3.09. The molecule has 0 heterocycles. The molecule has 9 heteroatoms. The molecule has 0 saturated carbocycles. The number of rotatable bonds is 6. The Labute approximate surface area is 151 Å². The number of hydrogen-bond donors (Lipinski definition) is 2. The van der Waals surface area contributed by atoms with Crippen LogP contribution in [0.1, 0.15) is 11.1 Å². The molecule has 0 saturated heterocycles. The summed E-state index contributed by atoms with van der Waals surface area (Å²) in [4.78, 5) is 0.0503. The van der Waals surface area contributed by atoms with E-state index in [0.29, 0.717) is 5.56 Å². The highest BCUT2D eigenvalue weighted by molar-refractivity contribution is 7.87. The zero-order chi connectivity index (χ0) is 18.4. The summed E-state index contributed by atoms with van der Waals surface area (Å²) >= 11 is 4.64. The number of nitrogens with one attached hydrogen (secondary N) is 1. The van der Waals surface area contributed by atoms with Gasteiger partial charge in [0.15, 0.2) is 16.6 Å². The maximum Gasteiger partial charge on any atom is 0.339 e. The third kappa shape index (κ3) is 5.16. The van der Waals surface area contributed by atoms with Crippen LogP contribution in [0.25, 0.3) is 0 Å². The zero-order valence-electron chi connectivity index (χ0n) is 13.6. The van der Waals surface area contributed by atoms with Gasteiger partial charge in [0.25, 0.3) is 0 Å². The van der Waals surface area contributed by atoms with E-state index in [1.54, 1.807) is 24.3 Å². The molecular formula is C16H17N3O4S2. The minimum Gasteiger partial charge on any atom is -0.493 e. The summed E-state index contributed by atoms with van der Waals surface area (Å²) in [6.07, 6.45) is 1.42. The number of benzene rings is 2. The fourth-order valence-corrected chi connectivity index (χ4v) is 2.87. The van der Waals surface area contributed by atoms with Gasteiger partial charge in [-0.25, -0.2) is 0 Å². The molecular weight excluding hydrogens is 362 g/mol. The van der Waals surface area contributed by atoms with Gasteiger partial charge >= 0.3 is 10.1 Å². The molecule has 0 amide bonds. The lowest BCUT2D eigenvalue weighted by Crippen LogP contribution is -2.23. The first-order chi connectivity index (χ1) is 11.8. The Bertz CT molecular complexity index is 894. The fraction of sp³-hybridized carbons (Fsp3) is 0.125.